The molecule has 0 fully saturated rings. The molecule has 0 nitrogen and oxygen atoms in total. The zero-order valence-corrected chi connectivity index (χ0v) is 13.1. The fourth-order valence-corrected chi connectivity index (χ4v) is 1.14. The topological polar surface area (TPSA) is 0 Å². The predicted molar refractivity (Wildman–Crippen MR) is 58.0 cm³/mol. The molecular formula is C12H21Hf-3. The molecule has 0 aromatic heterocycles. The summed E-state index contributed by atoms with van der Waals surface area (Å²) in [7, 11) is 0. The van der Waals surface area contributed by atoms with Gasteiger partial charge in [0.1, 0.15) is 0 Å². The van der Waals surface area contributed by atoms with E-state index < -0.39 is 0 Å². The van der Waals surface area contributed by atoms with Crippen molar-refractivity contribution in [2.45, 2.75) is 27.2 Å². The molecule has 0 saturated carbocycles. The Hall–Kier alpha value is 0.220. The molecule has 1 aromatic rings. The predicted octanol–water partition coefficient (Wildman–Crippen LogP) is 3.89. The minimum absolute atomic E-state index is 0. The SMILES string of the molecule is CC(C)(C)Cc1cc[cH-]c1.[CH3-].[CH3-].[Hf]. The molecule has 0 radical (unpaired) electrons. The Balaban J connectivity index is -0.000000333. The van der Waals surface area contributed by atoms with E-state index in [-0.39, 0.29) is 40.7 Å². The molecule has 0 atom stereocenters. The Morgan fingerprint density at radius 3 is 2.08 bits per heavy atom. The fourth-order valence-electron chi connectivity index (χ4n) is 1.14. The molecule has 0 bridgehead atoms. The third-order valence-electron chi connectivity index (χ3n) is 1.47. The minimum Gasteiger partial charge on any atom is -0.358 e. The van der Waals surface area contributed by atoms with Crippen LogP contribution in [-0.2, 0) is 32.3 Å². The molecule has 0 aliphatic carbocycles. The Labute approximate surface area is 103 Å². The van der Waals surface area contributed by atoms with Crippen LogP contribution in [0.25, 0.3) is 0 Å². The van der Waals surface area contributed by atoms with Gasteiger partial charge in [-0.2, -0.15) is 23.8 Å². The van der Waals surface area contributed by atoms with Gasteiger partial charge in [-0.25, -0.2) is 6.07 Å². The average molecular weight is 344 g/mol. The molecule has 0 saturated heterocycles. The summed E-state index contributed by atoms with van der Waals surface area (Å²) in [6.45, 7) is 6.79. The van der Waals surface area contributed by atoms with E-state index >= 15 is 0 Å². The second kappa shape index (κ2) is 7.61. The first-order valence-electron chi connectivity index (χ1n) is 3.78. The second-order valence-electron chi connectivity index (χ2n) is 4.03. The minimum atomic E-state index is 0. The van der Waals surface area contributed by atoms with Gasteiger partial charge in [0.2, 0.25) is 0 Å². The fraction of sp³-hybridized carbons (Fsp3) is 0.417. The maximum Gasteiger partial charge on any atom is 0 e. The Morgan fingerprint density at radius 2 is 1.77 bits per heavy atom. The van der Waals surface area contributed by atoms with Crippen molar-refractivity contribution >= 4 is 0 Å². The van der Waals surface area contributed by atoms with Crippen molar-refractivity contribution in [2.24, 2.45) is 5.41 Å². The van der Waals surface area contributed by atoms with Crippen molar-refractivity contribution in [1.29, 1.82) is 0 Å². The van der Waals surface area contributed by atoms with Gasteiger partial charge in [0, 0.05) is 25.8 Å². The van der Waals surface area contributed by atoms with Crippen molar-refractivity contribution < 1.29 is 25.8 Å². The molecule has 0 heterocycles. The van der Waals surface area contributed by atoms with Gasteiger partial charge in [0.15, 0.2) is 0 Å². The average Bonchev–Trinajstić information content (AvgIpc) is 2.12. The Kier molecular flexibility index (Phi) is 11.1. The van der Waals surface area contributed by atoms with Gasteiger partial charge in [0.05, 0.1) is 0 Å². The first kappa shape index (κ1) is 18.9. The van der Waals surface area contributed by atoms with Crippen molar-refractivity contribution in [3.05, 3.63) is 44.7 Å². The normalized spacial score (nSPS) is 9.15. The van der Waals surface area contributed by atoms with Crippen molar-refractivity contribution in [2.75, 3.05) is 0 Å². The van der Waals surface area contributed by atoms with Crippen molar-refractivity contribution in [3.8, 4) is 0 Å². The van der Waals surface area contributed by atoms with Gasteiger partial charge in [-0.05, 0) is 5.41 Å². The van der Waals surface area contributed by atoms with E-state index in [1.165, 1.54) is 12.0 Å². The number of hydrogen-bond donors (Lipinski definition) is 0. The third-order valence-corrected chi connectivity index (χ3v) is 1.47. The van der Waals surface area contributed by atoms with Gasteiger partial charge in [-0.1, -0.05) is 27.2 Å². The second-order valence-corrected chi connectivity index (χ2v) is 4.03. The molecule has 13 heavy (non-hydrogen) atoms. The van der Waals surface area contributed by atoms with Gasteiger partial charge >= 0.3 is 0 Å². The Bertz CT molecular complexity index is 179. The standard InChI is InChI=1S/C10H15.2CH3.Hf/c1-10(2,3)8-9-6-4-5-7-9;;;/h4-7H,8H2,1-3H3;2*1H3;/q3*-1;. The molecule has 1 rings (SSSR count). The van der Waals surface area contributed by atoms with Crippen LogP contribution in [0, 0.1) is 20.3 Å². The van der Waals surface area contributed by atoms with Crippen LogP contribution in [0.1, 0.15) is 26.3 Å². The van der Waals surface area contributed by atoms with Crippen LogP contribution in [-0.4, -0.2) is 0 Å². The smallest absolute Gasteiger partial charge is 0 e. The van der Waals surface area contributed by atoms with Gasteiger partial charge in [-0.3, -0.25) is 0 Å². The Morgan fingerprint density at radius 1 is 1.23 bits per heavy atom. The first-order chi connectivity index (χ1) is 4.58. The molecule has 0 aliphatic rings. The van der Waals surface area contributed by atoms with Crippen LogP contribution in [0.15, 0.2) is 24.3 Å². The van der Waals surface area contributed by atoms with Crippen LogP contribution >= 0.6 is 0 Å². The zero-order valence-electron chi connectivity index (χ0n) is 9.52. The summed E-state index contributed by atoms with van der Waals surface area (Å²) in [4.78, 5) is 0. The summed E-state index contributed by atoms with van der Waals surface area (Å²) in [6.07, 6.45) is 1.18. The largest absolute Gasteiger partial charge is 0.358 e. The molecule has 0 aliphatic heterocycles. The van der Waals surface area contributed by atoms with Crippen LogP contribution in [0.4, 0.5) is 0 Å². The third kappa shape index (κ3) is 8.55. The van der Waals surface area contributed by atoms with E-state index in [9.17, 15) is 0 Å². The van der Waals surface area contributed by atoms with E-state index in [0.717, 1.165) is 0 Å². The quantitative estimate of drug-likeness (QED) is 0.536. The van der Waals surface area contributed by atoms with Crippen LogP contribution in [0.2, 0.25) is 0 Å². The molecule has 1 aromatic carbocycles. The van der Waals surface area contributed by atoms with Gasteiger partial charge < -0.3 is 14.9 Å². The molecule has 0 amide bonds. The number of hydrogen-bond acceptors (Lipinski definition) is 0. The van der Waals surface area contributed by atoms with Crippen molar-refractivity contribution in [3.63, 3.8) is 0 Å². The summed E-state index contributed by atoms with van der Waals surface area (Å²) in [5.74, 6) is 0. The van der Waals surface area contributed by atoms with Crippen LogP contribution in [0.3, 0.4) is 0 Å². The van der Waals surface area contributed by atoms with Gasteiger partial charge in [-0.15, -0.1) is 0 Å². The van der Waals surface area contributed by atoms with Gasteiger partial charge in [0.25, 0.3) is 0 Å². The van der Waals surface area contributed by atoms with Crippen LogP contribution in [0.5, 0.6) is 0 Å². The molecule has 0 N–H and O–H groups in total. The molecule has 0 spiro atoms. The molecule has 76 valence electrons. The van der Waals surface area contributed by atoms with E-state index in [0.29, 0.717) is 5.41 Å². The van der Waals surface area contributed by atoms with E-state index in [1.54, 1.807) is 0 Å². The molecule has 0 unspecified atom stereocenters. The maximum atomic E-state index is 2.26. The summed E-state index contributed by atoms with van der Waals surface area (Å²) < 4.78 is 0. The summed E-state index contributed by atoms with van der Waals surface area (Å²) in [5.41, 5.74) is 1.88. The summed E-state index contributed by atoms with van der Waals surface area (Å²) >= 11 is 0. The summed E-state index contributed by atoms with van der Waals surface area (Å²) in [6, 6.07) is 8.57. The zero-order chi connectivity index (χ0) is 7.61. The molecular weight excluding hydrogens is 323 g/mol. The summed E-state index contributed by atoms with van der Waals surface area (Å²) in [5, 5.41) is 0. The first-order valence-corrected chi connectivity index (χ1v) is 3.78. The van der Waals surface area contributed by atoms with E-state index in [1.807, 2.05) is 0 Å². The maximum absolute atomic E-state index is 2.26. The van der Waals surface area contributed by atoms with Crippen LogP contribution < -0.4 is 0 Å². The monoisotopic (exact) mass is 345 g/mol. The molecule has 1 heteroatoms. The van der Waals surface area contributed by atoms with Crippen molar-refractivity contribution in [1.82, 2.24) is 0 Å². The van der Waals surface area contributed by atoms with E-state index in [4.69, 9.17) is 0 Å². The van der Waals surface area contributed by atoms with E-state index in [2.05, 4.69) is 45.0 Å². The number of rotatable bonds is 1.